The van der Waals surface area contributed by atoms with E-state index in [1.54, 1.807) is 29.0 Å². The molecule has 2 heterocycles. The van der Waals surface area contributed by atoms with Gasteiger partial charge in [0.05, 0.1) is 11.7 Å². The zero-order valence-corrected chi connectivity index (χ0v) is 15.1. The van der Waals surface area contributed by atoms with Gasteiger partial charge in [-0.1, -0.05) is 24.3 Å². The first-order valence-electron chi connectivity index (χ1n) is 8.73. The number of amides is 1. The number of para-hydroxylation sites is 2. The van der Waals surface area contributed by atoms with E-state index in [0.29, 0.717) is 11.5 Å². The lowest BCUT2D eigenvalue weighted by atomic mass is 10.1. The zero-order valence-electron chi connectivity index (χ0n) is 15.1. The van der Waals surface area contributed by atoms with E-state index in [2.05, 4.69) is 10.1 Å². The Kier molecular flexibility index (Phi) is 4.50. The summed E-state index contributed by atoms with van der Waals surface area (Å²) in [5, 5.41) is 4.11. The molecule has 3 aromatic rings. The molecular formula is C20H20N4O3. The maximum absolute atomic E-state index is 12.9. The van der Waals surface area contributed by atoms with Gasteiger partial charge < -0.3 is 14.4 Å². The normalized spacial score (nSPS) is 16.6. The van der Waals surface area contributed by atoms with Crippen molar-refractivity contribution in [1.82, 2.24) is 19.7 Å². The molecule has 0 fully saturated rings. The third kappa shape index (κ3) is 3.36. The molecule has 0 unspecified atom stereocenters. The molecule has 27 heavy (non-hydrogen) atoms. The summed E-state index contributed by atoms with van der Waals surface area (Å²) in [4.78, 5) is 18.5. The molecule has 2 aromatic carbocycles. The van der Waals surface area contributed by atoms with Crippen LogP contribution >= 0.6 is 0 Å². The molecule has 138 valence electrons. The topological polar surface area (TPSA) is 69.5 Å². The van der Waals surface area contributed by atoms with Gasteiger partial charge in [-0.15, -0.1) is 0 Å². The third-order valence-corrected chi connectivity index (χ3v) is 4.77. The number of carbonyl (C=O) groups is 1. The molecule has 0 saturated carbocycles. The van der Waals surface area contributed by atoms with E-state index >= 15 is 0 Å². The van der Waals surface area contributed by atoms with Crippen LogP contribution in [-0.4, -0.2) is 45.3 Å². The molecule has 1 amide bonds. The van der Waals surface area contributed by atoms with Crippen LogP contribution in [0.2, 0.25) is 0 Å². The molecule has 0 aliphatic carbocycles. The van der Waals surface area contributed by atoms with Gasteiger partial charge >= 0.3 is 0 Å². The number of rotatable bonds is 4. The zero-order chi connectivity index (χ0) is 18.8. The van der Waals surface area contributed by atoms with Gasteiger partial charge in [0.2, 0.25) is 6.10 Å². The van der Waals surface area contributed by atoms with Crippen molar-refractivity contribution in [3.63, 3.8) is 0 Å². The Labute approximate surface area is 157 Å². The van der Waals surface area contributed by atoms with Crippen LogP contribution in [0.3, 0.4) is 0 Å². The highest BCUT2D eigenvalue weighted by Gasteiger charge is 2.31. The number of hydrogen-bond acceptors (Lipinski definition) is 5. The molecule has 2 atom stereocenters. The Hall–Kier alpha value is -3.35. The van der Waals surface area contributed by atoms with Gasteiger partial charge in [-0.3, -0.25) is 4.79 Å². The lowest BCUT2D eigenvalue weighted by molar-refractivity contribution is -0.141. The van der Waals surface area contributed by atoms with E-state index in [9.17, 15) is 4.79 Å². The smallest absolute Gasteiger partial charge is 0.267 e. The molecular weight excluding hydrogens is 344 g/mol. The largest absolute Gasteiger partial charge is 0.485 e. The minimum Gasteiger partial charge on any atom is -0.485 e. The van der Waals surface area contributed by atoms with Crippen LogP contribution in [0.15, 0.2) is 61.2 Å². The number of nitrogens with zero attached hydrogens (tertiary/aromatic N) is 4. The molecule has 1 aliphatic rings. The Morgan fingerprint density at radius 3 is 2.63 bits per heavy atom. The molecule has 0 saturated heterocycles. The summed E-state index contributed by atoms with van der Waals surface area (Å²) >= 11 is 0. The lowest BCUT2D eigenvalue weighted by Crippen LogP contribution is -2.45. The predicted octanol–water partition coefficient (Wildman–Crippen LogP) is 2.63. The van der Waals surface area contributed by atoms with E-state index in [1.807, 2.05) is 49.4 Å². The van der Waals surface area contributed by atoms with Crippen LogP contribution in [0.25, 0.3) is 5.69 Å². The minimum absolute atomic E-state index is 0.108. The van der Waals surface area contributed by atoms with Gasteiger partial charge in [-0.25, -0.2) is 9.67 Å². The van der Waals surface area contributed by atoms with E-state index in [0.717, 1.165) is 11.3 Å². The molecule has 7 nitrogen and oxygen atoms in total. The Balaban J connectivity index is 1.46. The van der Waals surface area contributed by atoms with Crippen molar-refractivity contribution in [2.75, 3.05) is 13.7 Å². The van der Waals surface area contributed by atoms with Gasteiger partial charge in [0.25, 0.3) is 5.91 Å². The van der Waals surface area contributed by atoms with Crippen molar-refractivity contribution < 1.29 is 14.3 Å². The van der Waals surface area contributed by atoms with Crippen molar-refractivity contribution >= 4 is 5.91 Å². The summed E-state index contributed by atoms with van der Waals surface area (Å²) < 4.78 is 13.2. The van der Waals surface area contributed by atoms with E-state index in [-0.39, 0.29) is 18.6 Å². The number of benzene rings is 2. The fourth-order valence-electron chi connectivity index (χ4n) is 3.03. The van der Waals surface area contributed by atoms with Crippen molar-refractivity contribution in [3.05, 3.63) is 66.7 Å². The summed E-state index contributed by atoms with van der Waals surface area (Å²) in [6, 6.07) is 15.1. The molecule has 1 aliphatic heterocycles. The Bertz CT molecular complexity index is 925. The Morgan fingerprint density at radius 2 is 1.93 bits per heavy atom. The number of likely N-dealkylation sites (N-methyl/N-ethyl adjacent to an activating group) is 1. The highest BCUT2D eigenvalue weighted by molar-refractivity contribution is 5.82. The molecule has 0 spiro atoms. The Morgan fingerprint density at radius 1 is 1.19 bits per heavy atom. The molecule has 0 N–H and O–H groups in total. The van der Waals surface area contributed by atoms with Crippen LogP contribution in [0.1, 0.15) is 18.5 Å². The van der Waals surface area contributed by atoms with Gasteiger partial charge in [-0.2, -0.15) is 5.10 Å². The summed E-state index contributed by atoms with van der Waals surface area (Å²) in [5.74, 6) is 1.15. The second kappa shape index (κ2) is 7.11. The first-order valence-corrected chi connectivity index (χ1v) is 8.73. The van der Waals surface area contributed by atoms with Crippen molar-refractivity contribution in [2.24, 2.45) is 0 Å². The highest BCUT2D eigenvalue weighted by atomic mass is 16.6. The summed E-state index contributed by atoms with van der Waals surface area (Å²) in [7, 11) is 1.78. The van der Waals surface area contributed by atoms with Crippen LogP contribution in [0.4, 0.5) is 0 Å². The number of aromatic nitrogens is 3. The van der Waals surface area contributed by atoms with Crippen LogP contribution in [-0.2, 0) is 4.79 Å². The molecule has 0 radical (unpaired) electrons. The lowest BCUT2D eigenvalue weighted by Gasteiger charge is -2.32. The maximum Gasteiger partial charge on any atom is 0.267 e. The number of carbonyl (C=O) groups excluding carboxylic acids is 1. The predicted molar refractivity (Wildman–Crippen MR) is 98.9 cm³/mol. The molecule has 7 heteroatoms. The standard InChI is InChI=1S/C20H20N4O3/c1-14(15-7-9-16(10-8-15)24-13-21-12-22-24)23(2)20(25)19-11-26-17-5-3-4-6-18(17)27-19/h3-10,12-14,19H,11H2,1-2H3/t14-,19-/m1/s1. The van der Waals surface area contributed by atoms with Crippen LogP contribution < -0.4 is 9.47 Å². The number of fused-ring (bicyclic) bond motifs is 1. The molecule has 1 aromatic heterocycles. The van der Waals surface area contributed by atoms with E-state index in [4.69, 9.17) is 9.47 Å². The molecule has 4 rings (SSSR count). The van der Waals surface area contributed by atoms with Crippen molar-refractivity contribution in [3.8, 4) is 17.2 Å². The van der Waals surface area contributed by atoms with Gasteiger partial charge in [-0.05, 0) is 36.8 Å². The van der Waals surface area contributed by atoms with Gasteiger partial charge in [0, 0.05) is 7.05 Å². The number of hydrogen-bond donors (Lipinski definition) is 0. The average Bonchev–Trinajstić information content (AvgIpc) is 3.27. The SMILES string of the molecule is C[C@H](c1ccc(-n2cncn2)cc1)N(C)C(=O)[C@H]1COc2ccccc2O1. The maximum atomic E-state index is 12.9. The quantitative estimate of drug-likeness (QED) is 0.712. The van der Waals surface area contributed by atoms with Crippen LogP contribution in [0.5, 0.6) is 11.5 Å². The van der Waals surface area contributed by atoms with Gasteiger partial charge in [0.15, 0.2) is 11.5 Å². The number of ether oxygens (including phenoxy) is 2. The van der Waals surface area contributed by atoms with E-state index < -0.39 is 6.10 Å². The van der Waals surface area contributed by atoms with Gasteiger partial charge in [0.1, 0.15) is 19.3 Å². The summed E-state index contributed by atoms with van der Waals surface area (Å²) in [5.41, 5.74) is 1.94. The van der Waals surface area contributed by atoms with Crippen LogP contribution in [0, 0.1) is 0 Å². The third-order valence-electron chi connectivity index (χ3n) is 4.77. The first kappa shape index (κ1) is 17.1. The summed E-state index contributed by atoms with van der Waals surface area (Å²) in [6.07, 6.45) is 2.49. The molecule has 0 bridgehead atoms. The van der Waals surface area contributed by atoms with E-state index in [1.165, 1.54) is 6.33 Å². The van der Waals surface area contributed by atoms with Crippen molar-refractivity contribution in [1.29, 1.82) is 0 Å². The fourth-order valence-corrected chi connectivity index (χ4v) is 3.03. The second-order valence-electron chi connectivity index (χ2n) is 6.42. The highest BCUT2D eigenvalue weighted by Crippen LogP contribution is 2.32. The minimum atomic E-state index is -0.651. The second-order valence-corrected chi connectivity index (χ2v) is 6.42. The first-order chi connectivity index (χ1) is 13.1. The van der Waals surface area contributed by atoms with Crippen molar-refractivity contribution in [2.45, 2.75) is 19.1 Å². The summed E-state index contributed by atoms with van der Waals surface area (Å²) in [6.45, 7) is 2.19. The average molecular weight is 364 g/mol. The monoisotopic (exact) mass is 364 g/mol. The fraction of sp³-hybridized carbons (Fsp3) is 0.250.